The number of hydrogen-bond donors (Lipinski definition) is 1. The Morgan fingerprint density at radius 1 is 1.27 bits per heavy atom. The molecule has 2 aromatic carbocycles. The number of rotatable bonds is 0. The zero-order valence-electron chi connectivity index (χ0n) is 8.71. The molecule has 0 unspecified atom stereocenters. The third-order valence-electron chi connectivity index (χ3n) is 2.95. The van der Waals surface area contributed by atoms with Crippen LogP contribution < -0.4 is 10.1 Å². The highest BCUT2D eigenvalue weighted by atomic mass is 16.5. The van der Waals surface area contributed by atoms with Crippen molar-refractivity contribution < 1.29 is 4.74 Å². The van der Waals surface area contributed by atoms with E-state index in [0.717, 1.165) is 12.3 Å². The van der Waals surface area contributed by atoms with Gasteiger partial charge in [0.1, 0.15) is 12.5 Å². The Labute approximate surface area is 88.9 Å². The first-order valence-corrected chi connectivity index (χ1v) is 5.21. The average Bonchev–Trinajstić information content (AvgIpc) is 2.30. The van der Waals surface area contributed by atoms with Crippen molar-refractivity contribution in [2.45, 2.75) is 13.5 Å². The van der Waals surface area contributed by atoms with Crippen LogP contribution in [0.2, 0.25) is 0 Å². The number of nitrogens with one attached hydrogen (secondary N) is 1. The molecule has 1 heterocycles. The minimum atomic E-state index is 0.612. The van der Waals surface area contributed by atoms with Gasteiger partial charge in [-0.3, -0.25) is 5.32 Å². The Balaban J connectivity index is 2.39. The maximum Gasteiger partial charge on any atom is 0.139 e. The average molecular weight is 199 g/mol. The van der Waals surface area contributed by atoms with Gasteiger partial charge in [0, 0.05) is 17.5 Å². The van der Waals surface area contributed by atoms with E-state index in [9.17, 15) is 0 Å². The maximum atomic E-state index is 5.71. The topological polar surface area (TPSA) is 21.3 Å². The van der Waals surface area contributed by atoms with Gasteiger partial charge in [0.2, 0.25) is 0 Å². The van der Waals surface area contributed by atoms with E-state index in [1.54, 1.807) is 0 Å². The van der Waals surface area contributed by atoms with Crippen LogP contribution in [0.25, 0.3) is 10.8 Å². The zero-order chi connectivity index (χ0) is 10.3. The van der Waals surface area contributed by atoms with Gasteiger partial charge in [-0.15, -0.1) is 0 Å². The number of ether oxygens (including phenoxy) is 1. The van der Waals surface area contributed by atoms with Crippen molar-refractivity contribution in [3.8, 4) is 5.75 Å². The third kappa shape index (κ3) is 1.29. The van der Waals surface area contributed by atoms with Crippen molar-refractivity contribution in [1.82, 2.24) is 5.32 Å². The van der Waals surface area contributed by atoms with Gasteiger partial charge in [-0.2, -0.15) is 0 Å². The molecule has 1 aliphatic heterocycles. The van der Waals surface area contributed by atoms with Crippen LogP contribution in [-0.4, -0.2) is 6.73 Å². The third-order valence-corrected chi connectivity index (χ3v) is 2.95. The monoisotopic (exact) mass is 199 g/mol. The molecule has 2 aromatic rings. The van der Waals surface area contributed by atoms with Gasteiger partial charge in [0.05, 0.1) is 0 Å². The van der Waals surface area contributed by atoms with Crippen LogP contribution in [0.15, 0.2) is 30.3 Å². The van der Waals surface area contributed by atoms with Crippen LogP contribution in [0.5, 0.6) is 5.75 Å². The van der Waals surface area contributed by atoms with Gasteiger partial charge in [0.25, 0.3) is 0 Å². The minimum Gasteiger partial charge on any atom is -0.477 e. The zero-order valence-corrected chi connectivity index (χ0v) is 8.71. The van der Waals surface area contributed by atoms with Crippen LogP contribution in [0.3, 0.4) is 0 Å². The summed E-state index contributed by atoms with van der Waals surface area (Å²) in [6.07, 6.45) is 0. The molecule has 3 rings (SSSR count). The van der Waals surface area contributed by atoms with E-state index in [0.29, 0.717) is 6.73 Å². The smallest absolute Gasteiger partial charge is 0.139 e. The fourth-order valence-electron chi connectivity index (χ4n) is 2.18. The van der Waals surface area contributed by atoms with E-state index in [4.69, 9.17) is 4.74 Å². The molecule has 0 saturated heterocycles. The molecule has 1 N–H and O–H groups in total. The fraction of sp³-hybridized carbons (Fsp3) is 0.231. The summed E-state index contributed by atoms with van der Waals surface area (Å²) in [5, 5.41) is 5.71. The summed E-state index contributed by atoms with van der Waals surface area (Å²) in [6, 6.07) is 10.6. The maximum absolute atomic E-state index is 5.71. The summed E-state index contributed by atoms with van der Waals surface area (Å²) >= 11 is 0. The van der Waals surface area contributed by atoms with Gasteiger partial charge >= 0.3 is 0 Å². The Hall–Kier alpha value is -1.54. The second-order valence-corrected chi connectivity index (χ2v) is 3.94. The van der Waals surface area contributed by atoms with E-state index >= 15 is 0 Å². The highest BCUT2D eigenvalue weighted by Gasteiger charge is 2.15. The van der Waals surface area contributed by atoms with Crippen molar-refractivity contribution in [3.05, 3.63) is 41.5 Å². The number of aryl methyl sites for hydroxylation is 1. The molecule has 0 fully saturated rings. The molecule has 76 valence electrons. The quantitative estimate of drug-likeness (QED) is 0.704. The van der Waals surface area contributed by atoms with Gasteiger partial charge < -0.3 is 4.74 Å². The van der Waals surface area contributed by atoms with E-state index in [1.165, 1.54) is 21.9 Å². The minimum absolute atomic E-state index is 0.612. The van der Waals surface area contributed by atoms with Gasteiger partial charge in [-0.05, 0) is 17.9 Å². The second kappa shape index (κ2) is 3.24. The second-order valence-electron chi connectivity index (χ2n) is 3.94. The summed E-state index contributed by atoms with van der Waals surface area (Å²) in [5.41, 5.74) is 2.59. The largest absolute Gasteiger partial charge is 0.477 e. The first-order valence-electron chi connectivity index (χ1n) is 5.21. The van der Waals surface area contributed by atoms with E-state index in [-0.39, 0.29) is 0 Å². The van der Waals surface area contributed by atoms with Crippen LogP contribution in [-0.2, 0) is 6.54 Å². The van der Waals surface area contributed by atoms with Gasteiger partial charge in [0.15, 0.2) is 0 Å². The summed E-state index contributed by atoms with van der Waals surface area (Å²) < 4.78 is 5.71. The van der Waals surface area contributed by atoms with Crippen LogP contribution >= 0.6 is 0 Å². The summed E-state index contributed by atoms with van der Waals surface area (Å²) in [5.74, 6) is 1.06. The van der Waals surface area contributed by atoms with Gasteiger partial charge in [-0.25, -0.2) is 0 Å². The van der Waals surface area contributed by atoms with Crippen LogP contribution in [0.4, 0.5) is 0 Å². The predicted octanol–water partition coefficient (Wildman–Crippen LogP) is 2.59. The molecule has 0 saturated carbocycles. The molecule has 0 radical (unpaired) electrons. The van der Waals surface area contributed by atoms with Crippen molar-refractivity contribution in [2.24, 2.45) is 0 Å². The molecule has 2 heteroatoms. The lowest BCUT2D eigenvalue weighted by molar-refractivity contribution is 0.260. The Morgan fingerprint density at radius 3 is 3.07 bits per heavy atom. The Bertz CT molecular complexity index is 519. The number of hydrogen-bond acceptors (Lipinski definition) is 2. The molecular weight excluding hydrogens is 186 g/mol. The molecule has 1 aliphatic rings. The highest BCUT2D eigenvalue weighted by molar-refractivity contribution is 5.90. The first-order chi connectivity index (χ1) is 7.36. The van der Waals surface area contributed by atoms with Crippen LogP contribution in [0, 0.1) is 6.92 Å². The fourth-order valence-corrected chi connectivity index (χ4v) is 2.18. The molecule has 0 aliphatic carbocycles. The molecule has 0 aromatic heterocycles. The van der Waals surface area contributed by atoms with Gasteiger partial charge in [-0.1, -0.05) is 30.3 Å². The SMILES string of the molecule is Cc1cc2ccccc2c2c1CNCO2. The van der Waals surface area contributed by atoms with Crippen molar-refractivity contribution in [3.63, 3.8) is 0 Å². The first kappa shape index (κ1) is 8.74. The van der Waals surface area contributed by atoms with Crippen LogP contribution in [0.1, 0.15) is 11.1 Å². The lowest BCUT2D eigenvalue weighted by Crippen LogP contribution is -2.26. The summed E-state index contributed by atoms with van der Waals surface area (Å²) in [4.78, 5) is 0. The molecule has 0 atom stereocenters. The Morgan fingerprint density at radius 2 is 2.13 bits per heavy atom. The molecular formula is C13H13NO. The number of benzene rings is 2. The van der Waals surface area contributed by atoms with Crippen molar-refractivity contribution in [2.75, 3.05) is 6.73 Å². The molecule has 0 bridgehead atoms. The standard InChI is InChI=1S/C13H13NO/c1-9-6-10-4-2-3-5-11(10)13-12(9)7-14-8-15-13/h2-6,14H,7-8H2,1H3. The number of fused-ring (bicyclic) bond motifs is 3. The molecule has 0 spiro atoms. The van der Waals surface area contributed by atoms with Crippen molar-refractivity contribution >= 4 is 10.8 Å². The lowest BCUT2D eigenvalue weighted by Gasteiger charge is -2.22. The highest BCUT2D eigenvalue weighted by Crippen LogP contribution is 2.33. The normalized spacial score (nSPS) is 14.7. The van der Waals surface area contributed by atoms with E-state index in [2.05, 4.69) is 42.6 Å². The van der Waals surface area contributed by atoms with E-state index < -0.39 is 0 Å². The predicted molar refractivity (Wildman–Crippen MR) is 61.0 cm³/mol. The van der Waals surface area contributed by atoms with E-state index in [1.807, 2.05) is 0 Å². The Kier molecular flexibility index (Phi) is 1.89. The van der Waals surface area contributed by atoms with Crippen molar-refractivity contribution in [1.29, 1.82) is 0 Å². The summed E-state index contributed by atoms with van der Waals surface area (Å²) in [7, 11) is 0. The molecule has 0 amide bonds. The molecule has 15 heavy (non-hydrogen) atoms. The lowest BCUT2D eigenvalue weighted by atomic mass is 9.99. The summed E-state index contributed by atoms with van der Waals surface area (Å²) in [6.45, 7) is 3.66. The molecule has 2 nitrogen and oxygen atoms in total.